The fourth-order valence-corrected chi connectivity index (χ4v) is 5.60. The van der Waals surface area contributed by atoms with Gasteiger partial charge in [-0.3, -0.25) is 4.79 Å². The molecule has 0 bridgehead atoms. The lowest BCUT2D eigenvalue weighted by molar-refractivity contribution is -0.114. The third kappa shape index (κ3) is 4.41. The molecule has 6 heteroatoms. The molecule has 0 saturated carbocycles. The summed E-state index contributed by atoms with van der Waals surface area (Å²) in [6.07, 6.45) is 1.03. The Kier molecular flexibility index (Phi) is 5.70. The molecule has 0 fully saturated rings. The topological polar surface area (TPSA) is 50.8 Å². The highest BCUT2D eigenvalue weighted by atomic mass is 32.2. The molecule has 0 spiro atoms. The summed E-state index contributed by atoms with van der Waals surface area (Å²) >= 11 is 1.93. The highest BCUT2D eigenvalue weighted by Gasteiger charge is 2.25. The number of fused-ring (bicyclic) bond motifs is 2. The monoisotopic (exact) mass is 446 g/mol. The van der Waals surface area contributed by atoms with Crippen LogP contribution in [0.3, 0.4) is 0 Å². The number of ether oxygens (including phenoxy) is 2. The molecule has 0 aromatic heterocycles. The van der Waals surface area contributed by atoms with Crippen molar-refractivity contribution in [1.82, 2.24) is 0 Å². The van der Waals surface area contributed by atoms with Crippen LogP contribution in [0.4, 0.5) is 11.4 Å². The van der Waals surface area contributed by atoms with Gasteiger partial charge in [-0.15, -0.1) is 11.8 Å². The van der Waals surface area contributed by atoms with Crippen molar-refractivity contribution < 1.29 is 14.3 Å². The van der Waals surface area contributed by atoms with E-state index in [0.717, 1.165) is 36.7 Å². The largest absolute Gasteiger partial charge is 0.454 e. The van der Waals surface area contributed by atoms with Crippen LogP contribution in [0.5, 0.6) is 11.5 Å². The van der Waals surface area contributed by atoms with Crippen LogP contribution in [-0.4, -0.2) is 19.2 Å². The molecule has 1 N–H and O–H groups in total. The van der Waals surface area contributed by atoms with Gasteiger partial charge in [-0.05, 0) is 66.4 Å². The first-order chi connectivity index (χ1) is 15.5. The van der Waals surface area contributed by atoms with Gasteiger partial charge in [-0.1, -0.05) is 24.3 Å². The van der Waals surface area contributed by atoms with Crippen molar-refractivity contribution in [1.29, 1.82) is 0 Å². The summed E-state index contributed by atoms with van der Waals surface area (Å²) in [7, 11) is 0. The van der Waals surface area contributed by atoms with Crippen LogP contribution in [0, 0.1) is 6.92 Å². The van der Waals surface area contributed by atoms with E-state index in [0.29, 0.717) is 12.0 Å². The van der Waals surface area contributed by atoms with Crippen LogP contribution in [0.25, 0.3) is 0 Å². The fourth-order valence-electron chi connectivity index (χ4n) is 4.21. The van der Waals surface area contributed by atoms with Gasteiger partial charge in [0.15, 0.2) is 11.5 Å². The van der Waals surface area contributed by atoms with Crippen LogP contribution in [0.2, 0.25) is 0 Å². The molecule has 5 rings (SSSR count). The molecule has 3 aromatic rings. The zero-order chi connectivity index (χ0) is 22.1. The molecule has 1 atom stereocenters. The SMILES string of the molecule is CC(=O)Nc1ccc(CN2CC[C@@H](c3ccc4c(c3)OCO4)Sc3cc(C)ccc32)cc1. The lowest BCUT2D eigenvalue weighted by Crippen LogP contribution is -2.24. The van der Waals surface area contributed by atoms with E-state index in [4.69, 9.17) is 9.47 Å². The van der Waals surface area contributed by atoms with E-state index >= 15 is 0 Å². The van der Waals surface area contributed by atoms with Gasteiger partial charge in [0.2, 0.25) is 12.7 Å². The van der Waals surface area contributed by atoms with Crippen LogP contribution in [0.1, 0.15) is 35.3 Å². The molecule has 1 amide bonds. The molecule has 2 heterocycles. The molecule has 164 valence electrons. The minimum Gasteiger partial charge on any atom is -0.454 e. The Labute approximate surface area is 192 Å². The van der Waals surface area contributed by atoms with Crippen molar-refractivity contribution in [2.24, 2.45) is 0 Å². The number of rotatable bonds is 4. The quantitative estimate of drug-likeness (QED) is 0.539. The lowest BCUT2D eigenvalue weighted by atomic mass is 10.1. The Morgan fingerprint density at radius 2 is 1.88 bits per heavy atom. The minimum atomic E-state index is -0.0545. The van der Waals surface area contributed by atoms with E-state index in [-0.39, 0.29) is 5.91 Å². The molecular weight excluding hydrogens is 420 g/mol. The zero-order valence-corrected chi connectivity index (χ0v) is 19.1. The second-order valence-corrected chi connectivity index (χ2v) is 9.52. The van der Waals surface area contributed by atoms with Crippen LogP contribution in [0.15, 0.2) is 65.6 Å². The second kappa shape index (κ2) is 8.79. The maximum atomic E-state index is 11.3. The van der Waals surface area contributed by atoms with E-state index in [2.05, 4.69) is 59.6 Å². The average molecular weight is 447 g/mol. The average Bonchev–Trinajstić information content (AvgIpc) is 3.17. The van der Waals surface area contributed by atoms with E-state index in [1.807, 2.05) is 30.0 Å². The number of carbonyl (C=O) groups excluding carboxylic acids is 1. The molecule has 2 aliphatic rings. The van der Waals surface area contributed by atoms with Gasteiger partial charge < -0.3 is 19.7 Å². The predicted octanol–water partition coefficient (Wildman–Crippen LogP) is 5.93. The van der Waals surface area contributed by atoms with Crippen molar-refractivity contribution in [2.75, 3.05) is 23.6 Å². The number of amides is 1. The number of aryl methyl sites for hydroxylation is 1. The van der Waals surface area contributed by atoms with Gasteiger partial charge in [0, 0.05) is 35.8 Å². The first kappa shape index (κ1) is 20.8. The Bertz CT molecular complexity index is 1150. The van der Waals surface area contributed by atoms with E-state index in [1.54, 1.807) is 0 Å². The number of hydrogen-bond donors (Lipinski definition) is 1. The van der Waals surface area contributed by atoms with E-state index in [1.165, 1.54) is 34.2 Å². The minimum absolute atomic E-state index is 0.0545. The van der Waals surface area contributed by atoms with E-state index in [9.17, 15) is 4.79 Å². The highest BCUT2D eigenvalue weighted by molar-refractivity contribution is 7.99. The Morgan fingerprint density at radius 1 is 1.06 bits per heavy atom. The third-order valence-electron chi connectivity index (χ3n) is 5.80. The van der Waals surface area contributed by atoms with E-state index < -0.39 is 0 Å². The molecule has 0 unspecified atom stereocenters. The molecule has 0 radical (unpaired) electrons. The number of thioether (sulfide) groups is 1. The second-order valence-electron chi connectivity index (χ2n) is 8.28. The Hall–Kier alpha value is -3.12. The lowest BCUT2D eigenvalue weighted by Gasteiger charge is -2.25. The van der Waals surface area contributed by atoms with Crippen molar-refractivity contribution in [2.45, 2.75) is 37.0 Å². The molecular formula is C26H26N2O3S. The molecule has 32 heavy (non-hydrogen) atoms. The number of nitrogens with one attached hydrogen (secondary N) is 1. The highest BCUT2D eigenvalue weighted by Crippen LogP contribution is 2.47. The maximum absolute atomic E-state index is 11.3. The molecule has 3 aromatic carbocycles. The molecule has 5 nitrogen and oxygen atoms in total. The summed E-state index contributed by atoms with van der Waals surface area (Å²) in [6.45, 7) is 5.75. The van der Waals surface area contributed by atoms with Gasteiger partial charge in [0.05, 0.1) is 5.69 Å². The van der Waals surface area contributed by atoms with Crippen LogP contribution < -0.4 is 19.7 Å². The Morgan fingerprint density at radius 3 is 2.69 bits per heavy atom. The first-order valence-corrected chi connectivity index (χ1v) is 11.7. The summed E-state index contributed by atoms with van der Waals surface area (Å²) in [5.41, 5.74) is 5.86. The van der Waals surface area contributed by atoms with Crippen LogP contribution >= 0.6 is 11.8 Å². The summed E-state index contributed by atoms with van der Waals surface area (Å²) in [5, 5.41) is 3.18. The maximum Gasteiger partial charge on any atom is 0.231 e. The predicted molar refractivity (Wildman–Crippen MR) is 129 cm³/mol. The number of benzene rings is 3. The molecule has 2 aliphatic heterocycles. The number of hydrogen-bond acceptors (Lipinski definition) is 5. The van der Waals surface area contributed by atoms with Crippen molar-refractivity contribution in [3.05, 3.63) is 77.4 Å². The third-order valence-corrected chi connectivity index (χ3v) is 7.18. The van der Waals surface area contributed by atoms with Crippen molar-refractivity contribution in [3.8, 4) is 11.5 Å². The molecule has 0 saturated heterocycles. The summed E-state index contributed by atoms with van der Waals surface area (Å²) in [4.78, 5) is 15.1. The fraction of sp³-hybridized carbons (Fsp3) is 0.269. The number of carbonyl (C=O) groups is 1. The first-order valence-electron chi connectivity index (χ1n) is 10.8. The van der Waals surface area contributed by atoms with Gasteiger partial charge in [-0.2, -0.15) is 0 Å². The Balaban J connectivity index is 1.40. The standard InChI is InChI=1S/C26H26N2O3S/c1-17-3-9-22-26(13-17)32-25(20-6-10-23-24(14-20)31-16-30-23)11-12-28(22)15-19-4-7-21(8-5-19)27-18(2)29/h3-10,13-14,25H,11-12,15-16H2,1-2H3,(H,27,29)/t25-/m0/s1. The van der Waals surface area contributed by atoms with Gasteiger partial charge in [-0.25, -0.2) is 0 Å². The van der Waals surface area contributed by atoms with Gasteiger partial charge in [0.1, 0.15) is 0 Å². The zero-order valence-electron chi connectivity index (χ0n) is 18.3. The van der Waals surface area contributed by atoms with Gasteiger partial charge >= 0.3 is 0 Å². The summed E-state index contributed by atoms with van der Waals surface area (Å²) < 4.78 is 11.1. The van der Waals surface area contributed by atoms with Crippen molar-refractivity contribution in [3.63, 3.8) is 0 Å². The summed E-state index contributed by atoms with van der Waals surface area (Å²) in [5.74, 6) is 1.61. The summed E-state index contributed by atoms with van der Waals surface area (Å²) in [6, 6.07) is 21.1. The van der Waals surface area contributed by atoms with Crippen molar-refractivity contribution >= 4 is 29.0 Å². The van der Waals surface area contributed by atoms with Gasteiger partial charge in [0.25, 0.3) is 0 Å². The normalized spacial score (nSPS) is 16.9. The number of anilines is 2. The van der Waals surface area contributed by atoms with Crippen LogP contribution in [-0.2, 0) is 11.3 Å². The smallest absolute Gasteiger partial charge is 0.231 e. The molecule has 0 aliphatic carbocycles. The number of nitrogens with zero attached hydrogens (tertiary/aromatic N) is 1.